The summed E-state index contributed by atoms with van der Waals surface area (Å²) in [4.78, 5) is 14.3. The van der Waals surface area contributed by atoms with Crippen molar-refractivity contribution in [2.75, 3.05) is 0 Å². The van der Waals surface area contributed by atoms with Crippen LogP contribution in [0.5, 0.6) is 0 Å². The van der Waals surface area contributed by atoms with Crippen LogP contribution in [0.25, 0.3) is 65.5 Å². The first-order chi connectivity index (χ1) is 41.9. The molecule has 0 aliphatic carbocycles. The van der Waals surface area contributed by atoms with Gasteiger partial charge in [0.05, 0.1) is 30.7 Å². The van der Waals surface area contributed by atoms with Gasteiger partial charge in [0.15, 0.2) is 0 Å². The van der Waals surface area contributed by atoms with Crippen LogP contribution >= 0.6 is 66.3 Å². The SMILES string of the molecule is CCCCCCCCCCCCc1ccc(-c2nc3c(-c4cc(CCCCCCCCCCCC)c(Br)s4)c4nsnc4c(-c4cc(CCCCCCCCCCCC)c(Br)s4)c3nc2-c2ccc(CCCCCCCCCCCC)cc2)cc1. The lowest BCUT2D eigenvalue weighted by molar-refractivity contribution is 0.556. The molecule has 0 spiro atoms. The van der Waals surface area contributed by atoms with Gasteiger partial charge in [-0.25, -0.2) is 9.97 Å². The molecule has 0 saturated heterocycles. The van der Waals surface area contributed by atoms with Crippen molar-refractivity contribution < 1.29 is 0 Å². The zero-order valence-electron chi connectivity index (χ0n) is 53.7. The zero-order valence-corrected chi connectivity index (χ0v) is 59.3. The number of thiophene rings is 2. The fourth-order valence-electron chi connectivity index (χ4n) is 12.7. The Morgan fingerprint density at radius 2 is 0.565 bits per heavy atom. The smallest absolute Gasteiger partial charge is 0.116 e. The molecule has 0 unspecified atom stereocenters. The fourth-order valence-corrected chi connectivity index (χ4v) is 16.9. The molecule has 9 heteroatoms. The van der Waals surface area contributed by atoms with Crippen molar-refractivity contribution in [2.24, 2.45) is 0 Å². The van der Waals surface area contributed by atoms with Crippen molar-refractivity contribution in [3.8, 4) is 43.4 Å². The summed E-state index contributed by atoms with van der Waals surface area (Å²) in [6.45, 7) is 9.23. The number of aromatic nitrogens is 4. The molecule has 0 aliphatic rings. The lowest BCUT2D eigenvalue weighted by Gasteiger charge is -2.16. The number of aryl methyl sites for hydroxylation is 4. The third-order valence-electron chi connectivity index (χ3n) is 18.0. The van der Waals surface area contributed by atoms with Crippen LogP contribution in [0.2, 0.25) is 0 Å². The number of hydrogen-bond acceptors (Lipinski definition) is 7. The maximum Gasteiger partial charge on any atom is 0.116 e. The number of halogens is 2. The van der Waals surface area contributed by atoms with E-state index in [4.69, 9.17) is 18.7 Å². The molecule has 3 aromatic carbocycles. The van der Waals surface area contributed by atoms with Crippen LogP contribution in [0.15, 0.2) is 68.2 Å². The van der Waals surface area contributed by atoms with E-state index in [1.165, 1.54) is 308 Å². The van der Waals surface area contributed by atoms with Crippen LogP contribution in [0.4, 0.5) is 0 Å². The monoisotopic (exact) mass is 1330 g/mol. The van der Waals surface area contributed by atoms with Gasteiger partial charge in [-0.05, 0) is 118 Å². The number of nitrogens with zero attached hydrogens (tertiary/aromatic N) is 4. The predicted octanol–water partition coefficient (Wildman–Crippen LogP) is 27.8. The quantitative estimate of drug-likeness (QED) is 0.0357. The molecule has 0 bridgehead atoms. The molecule has 0 atom stereocenters. The Bertz CT molecular complexity index is 2710. The molecular weight excluding hydrogens is 1220 g/mol. The molecule has 7 aromatic rings. The zero-order chi connectivity index (χ0) is 59.5. The van der Waals surface area contributed by atoms with E-state index in [9.17, 15) is 0 Å². The molecule has 85 heavy (non-hydrogen) atoms. The number of benzene rings is 3. The van der Waals surface area contributed by atoms with Gasteiger partial charge < -0.3 is 0 Å². The first-order valence-corrected chi connectivity index (χ1v) is 39.1. The van der Waals surface area contributed by atoms with Gasteiger partial charge in [-0.3, -0.25) is 0 Å². The van der Waals surface area contributed by atoms with E-state index >= 15 is 0 Å². The highest BCUT2D eigenvalue weighted by Crippen LogP contribution is 2.49. The summed E-state index contributed by atoms with van der Waals surface area (Å²) in [7, 11) is 0. The fraction of sp³-hybridized carbons (Fsp3) is 0.632. The van der Waals surface area contributed by atoms with Crippen LogP contribution in [-0.4, -0.2) is 18.7 Å². The van der Waals surface area contributed by atoms with Crippen molar-refractivity contribution >= 4 is 88.3 Å². The Labute approximate surface area is 546 Å². The van der Waals surface area contributed by atoms with E-state index in [1.54, 1.807) is 0 Å². The molecule has 0 saturated carbocycles. The molecule has 7 rings (SSSR count). The van der Waals surface area contributed by atoms with Crippen molar-refractivity contribution in [3.63, 3.8) is 0 Å². The summed E-state index contributed by atoms with van der Waals surface area (Å²) < 4.78 is 12.8. The van der Waals surface area contributed by atoms with Crippen molar-refractivity contribution in [2.45, 2.75) is 310 Å². The average Bonchev–Trinajstić information content (AvgIpc) is 1.96. The molecule has 0 aliphatic heterocycles. The number of unbranched alkanes of at least 4 members (excludes halogenated alkanes) is 36. The highest BCUT2D eigenvalue weighted by atomic mass is 79.9. The molecule has 466 valence electrons. The summed E-state index contributed by atoms with van der Waals surface area (Å²) >= 11 is 13.2. The summed E-state index contributed by atoms with van der Waals surface area (Å²) in [5, 5.41) is 0. The summed E-state index contributed by atoms with van der Waals surface area (Å²) in [5.74, 6) is 0. The van der Waals surface area contributed by atoms with Gasteiger partial charge in [-0.15, -0.1) is 22.7 Å². The minimum Gasteiger partial charge on any atom is -0.243 e. The Morgan fingerprint density at radius 1 is 0.306 bits per heavy atom. The lowest BCUT2D eigenvalue weighted by atomic mass is 9.96. The van der Waals surface area contributed by atoms with Gasteiger partial charge in [0.1, 0.15) is 22.1 Å². The van der Waals surface area contributed by atoms with E-state index in [-0.39, 0.29) is 0 Å². The number of fused-ring (bicyclic) bond motifs is 2. The number of hydrogen-bond donors (Lipinski definition) is 0. The Morgan fingerprint density at radius 3 is 0.847 bits per heavy atom. The topological polar surface area (TPSA) is 51.6 Å². The largest absolute Gasteiger partial charge is 0.243 e. The molecule has 4 aromatic heterocycles. The molecule has 0 radical (unpaired) electrons. The second kappa shape index (κ2) is 41.5. The normalized spacial score (nSPS) is 11.8. The highest BCUT2D eigenvalue weighted by molar-refractivity contribution is 9.11. The third kappa shape index (κ3) is 23.5. The number of rotatable bonds is 48. The first kappa shape index (κ1) is 69.7. The van der Waals surface area contributed by atoms with Gasteiger partial charge in [0, 0.05) is 32.0 Å². The Kier molecular flexibility index (Phi) is 34.0. The maximum atomic E-state index is 5.96. The van der Waals surface area contributed by atoms with Gasteiger partial charge in [-0.2, -0.15) is 8.75 Å². The Balaban J connectivity index is 1.20. The third-order valence-corrected chi connectivity index (χ3v) is 22.5. The van der Waals surface area contributed by atoms with E-state index in [1.807, 2.05) is 22.7 Å². The lowest BCUT2D eigenvalue weighted by Crippen LogP contribution is -2.00. The predicted molar refractivity (Wildman–Crippen MR) is 386 cm³/mol. The van der Waals surface area contributed by atoms with Crippen LogP contribution in [0, 0.1) is 0 Å². The van der Waals surface area contributed by atoms with E-state index < -0.39 is 0 Å². The van der Waals surface area contributed by atoms with E-state index in [2.05, 4.69) is 120 Å². The molecule has 4 heterocycles. The first-order valence-electron chi connectivity index (χ1n) is 35.2. The van der Waals surface area contributed by atoms with Gasteiger partial charge >= 0.3 is 0 Å². The second-order valence-electron chi connectivity index (χ2n) is 25.3. The Hall–Kier alpha value is -2.82. The van der Waals surface area contributed by atoms with Gasteiger partial charge in [-0.1, -0.05) is 307 Å². The molecule has 4 nitrogen and oxygen atoms in total. The van der Waals surface area contributed by atoms with Crippen molar-refractivity contribution in [1.29, 1.82) is 0 Å². The van der Waals surface area contributed by atoms with Crippen LogP contribution < -0.4 is 0 Å². The van der Waals surface area contributed by atoms with Gasteiger partial charge in [0.2, 0.25) is 0 Å². The molecule has 0 amide bonds. The van der Waals surface area contributed by atoms with Crippen LogP contribution in [-0.2, 0) is 25.7 Å². The molecule has 0 fully saturated rings. The summed E-state index contributed by atoms with van der Waals surface area (Å²) in [5.41, 5.74) is 15.5. The summed E-state index contributed by atoms with van der Waals surface area (Å²) in [6, 6.07) is 23.7. The average molecular weight is 1340 g/mol. The minimum absolute atomic E-state index is 0.918. The second-order valence-corrected chi connectivity index (χ2v) is 30.5. The highest BCUT2D eigenvalue weighted by Gasteiger charge is 2.28. The minimum atomic E-state index is 0.918. The van der Waals surface area contributed by atoms with E-state index in [0.29, 0.717) is 0 Å². The molecule has 0 N–H and O–H groups in total. The molecular formula is C76H110Br2N4S3. The van der Waals surface area contributed by atoms with Gasteiger partial charge in [0.25, 0.3) is 0 Å². The van der Waals surface area contributed by atoms with Crippen molar-refractivity contribution in [1.82, 2.24) is 18.7 Å². The van der Waals surface area contributed by atoms with Crippen LogP contribution in [0.3, 0.4) is 0 Å². The van der Waals surface area contributed by atoms with E-state index in [0.717, 1.165) is 81.4 Å². The van der Waals surface area contributed by atoms with Crippen molar-refractivity contribution in [3.05, 3.63) is 90.5 Å². The summed E-state index contributed by atoms with van der Waals surface area (Å²) in [6.07, 6.45) is 58.3. The maximum absolute atomic E-state index is 5.96. The van der Waals surface area contributed by atoms with Crippen LogP contribution in [0.1, 0.15) is 307 Å². The standard InChI is InChI=1S/C76H110Br2N4S3/c1-5-9-13-17-21-25-29-33-37-41-45-59-49-53-61(54-50-59)69-70(62-55-51-60(52-56-62)46-42-38-34-30-26-22-18-14-10-6-2)80-72-68(66-58-64(76(78)84-66)48-44-40-36-32-28-24-20-16-12-8-4)74-73(81-85-82-74)67(71(72)79-69)65-57-63(75(77)83-65)47-43-39-35-31-27-23-19-15-11-7-3/h49-58H,5-48H2,1-4H3.